The van der Waals surface area contributed by atoms with E-state index in [1.54, 1.807) is 18.2 Å². The van der Waals surface area contributed by atoms with Crippen molar-refractivity contribution in [2.75, 3.05) is 6.26 Å². The molecular weight excluding hydrogens is 224 g/mol. The summed E-state index contributed by atoms with van der Waals surface area (Å²) in [4.78, 5) is 0.239. The van der Waals surface area contributed by atoms with Gasteiger partial charge < -0.3 is 5.11 Å². The average molecular weight is 240 g/mol. The van der Waals surface area contributed by atoms with E-state index in [2.05, 4.69) is 6.58 Å². The number of rotatable bonds is 5. The highest BCUT2D eigenvalue weighted by Gasteiger charge is 2.11. The predicted octanol–water partition coefficient (Wildman–Crippen LogP) is 2.09. The molecule has 16 heavy (non-hydrogen) atoms. The van der Waals surface area contributed by atoms with Gasteiger partial charge in [0.05, 0.1) is 11.0 Å². The minimum absolute atomic E-state index is 0.239. The lowest BCUT2D eigenvalue weighted by Crippen LogP contribution is -2.01. The summed E-state index contributed by atoms with van der Waals surface area (Å²) in [6.07, 6.45) is 3.49. The number of benzene rings is 1. The van der Waals surface area contributed by atoms with Gasteiger partial charge in [-0.15, -0.1) is 6.58 Å². The summed E-state index contributed by atoms with van der Waals surface area (Å²) in [5, 5.41) is 9.80. The van der Waals surface area contributed by atoms with E-state index in [-0.39, 0.29) is 4.90 Å². The first-order valence-electron chi connectivity index (χ1n) is 5.04. The van der Waals surface area contributed by atoms with Crippen molar-refractivity contribution in [1.29, 1.82) is 0 Å². The highest BCUT2D eigenvalue weighted by Crippen LogP contribution is 2.21. The molecule has 0 aromatic heterocycles. The van der Waals surface area contributed by atoms with Crippen LogP contribution in [0.15, 0.2) is 41.8 Å². The molecule has 0 aliphatic heterocycles. The molecule has 1 unspecified atom stereocenters. The molecule has 0 amide bonds. The molecule has 0 saturated carbocycles. The molecule has 0 heterocycles. The summed E-state index contributed by atoms with van der Waals surface area (Å²) in [6.45, 7) is 3.58. The summed E-state index contributed by atoms with van der Waals surface area (Å²) in [7, 11) is -3.21. The van der Waals surface area contributed by atoms with Crippen molar-refractivity contribution in [2.45, 2.75) is 23.8 Å². The second kappa shape index (κ2) is 5.27. The van der Waals surface area contributed by atoms with E-state index in [0.29, 0.717) is 18.4 Å². The zero-order valence-electron chi connectivity index (χ0n) is 9.26. The van der Waals surface area contributed by atoms with Crippen molar-refractivity contribution >= 4 is 9.84 Å². The standard InChI is InChI=1S/C12H16O3S/c1-3-4-8-12(13)10-6-5-7-11(9-10)16(2,14)15/h3,5-7,9,12-13H,1,4,8H2,2H3. The van der Waals surface area contributed by atoms with Crippen LogP contribution in [0.2, 0.25) is 0 Å². The zero-order valence-corrected chi connectivity index (χ0v) is 10.1. The molecule has 3 nitrogen and oxygen atoms in total. The molecule has 1 aromatic rings. The summed E-state index contributed by atoms with van der Waals surface area (Å²) in [5.41, 5.74) is 0.629. The van der Waals surface area contributed by atoms with Gasteiger partial charge in [0.1, 0.15) is 0 Å². The Balaban J connectivity index is 2.94. The number of aliphatic hydroxyl groups is 1. The fraction of sp³-hybridized carbons (Fsp3) is 0.333. The predicted molar refractivity (Wildman–Crippen MR) is 63.9 cm³/mol. The van der Waals surface area contributed by atoms with Crippen molar-refractivity contribution < 1.29 is 13.5 Å². The molecule has 88 valence electrons. The van der Waals surface area contributed by atoms with E-state index in [0.717, 1.165) is 6.26 Å². The first kappa shape index (κ1) is 12.9. The van der Waals surface area contributed by atoms with Crippen LogP contribution >= 0.6 is 0 Å². The van der Waals surface area contributed by atoms with Gasteiger partial charge in [-0.3, -0.25) is 0 Å². The van der Waals surface area contributed by atoms with Crippen LogP contribution < -0.4 is 0 Å². The minimum Gasteiger partial charge on any atom is -0.388 e. The van der Waals surface area contributed by atoms with Crippen LogP contribution in [0.4, 0.5) is 0 Å². The van der Waals surface area contributed by atoms with Crippen LogP contribution in [0, 0.1) is 0 Å². The molecule has 1 aromatic carbocycles. The van der Waals surface area contributed by atoms with Gasteiger partial charge in [0.15, 0.2) is 9.84 Å². The number of sulfone groups is 1. The Bertz CT molecular complexity index is 463. The third-order valence-electron chi connectivity index (χ3n) is 2.32. The molecule has 0 aliphatic rings. The van der Waals surface area contributed by atoms with Gasteiger partial charge in [-0.1, -0.05) is 18.2 Å². The van der Waals surface area contributed by atoms with Gasteiger partial charge in [-0.05, 0) is 30.5 Å². The van der Waals surface area contributed by atoms with Crippen LogP contribution in [0.3, 0.4) is 0 Å². The second-order valence-corrected chi connectivity index (χ2v) is 5.74. The van der Waals surface area contributed by atoms with E-state index in [9.17, 15) is 13.5 Å². The first-order chi connectivity index (χ1) is 7.45. The Morgan fingerprint density at radius 3 is 2.75 bits per heavy atom. The summed E-state index contributed by atoms with van der Waals surface area (Å²) < 4.78 is 22.6. The van der Waals surface area contributed by atoms with Gasteiger partial charge in [-0.2, -0.15) is 0 Å². The molecule has 0 fully saturated rings. The van der Waals surface area contributed by atoms with E-state index in [1.807, 2.05) is 0 Å². The fourth-order valence-electron chi connectivity index (χ4n) is 1.39. The topological polar surface area (TPSA) is 54.4 Å². The lowest BCUT2D eigenvalue weighted by atomic mass is 10.1. The Labute approximate surface area is 96.4 Å². The summed E-state index contributed by atoms with van der Waals surface area (Å²) in [5.74, 6) is 0. The average Bonchev–Trinajstić information content (AvgIpc) is 2.25. The Hall–Kier alpha value is -1.13. The quantitative estimate of drug-likeness (QED) is 0.802. The molecule has 0 radical (unpaired) electrons. The number of hydrogen-bond donors (Lipinski definition) is 1. The highest BCUT2D eigenvalue weighted by atomic mass is 32.2. The molecular formula is C12H16O3S. The van der Waals surface area contributed by atoms with Crippen LogP contribution in [-0.2, 0) is 9.84 Å². The van der Waals surface area contributed by atoms with E-state index < -0.39 is 15.9 Å². The zero-order chi connectivity index (χ0) is 12.2. The van der Waals surface area contributed by atoms with Gasteiger partial charge in [-0.25, -0.2) is 8.42 Å². The third-order valence-corrected chi connectivity index (χ3v) is 3.43. The van der Waals surface area contributed by atoms with Gasteiger partial charge >= 0.3 is 0 Å². The number of hydrogen-bond acceptors (Lipinski definition) is 3. The molecule has 0 spiro atoms. The Morgan fingerprint density at radius 2 is 2.19 bits per heavy atom. The molecule has 0 saturated heterocycles. The minimum atomic E-state index is -3.21. The summed E-state index contributed by atoms with van der Waals surface area (Å²) in [6, 6.07) is 6.41. The van der Waals surface area contributed by atoms with Crippen LogP contribution in [0.25, 0.3) is 0 Å². The smallest absolute Gasteiger partial charge is 0.175 e. The monoisotopic (exact) mass is 240 g/mol. The van der Waals surface area contributed by atoms with E-state index >= 15 is 0 Å². The van der Waals surface area contributed by atoms with Crippen molar-refractivity contribution in [3.8, 4) is 0 Å². The molecule has 1 N–H and O–H groups in total. The van der Waals surface area contributed by atoms with Crippen LogP contribution in [-0.4, -0.2) is 19.8 Å². The van der Waals surface area contributed by atoms with E-state index in [1.165, 1.54) is 12.1 Å². The first-order valence-corrected chi connectivity index (χ1v) is 6.93. The van der Waals surface area contributed by atoms with Crippen molar-refractivity contribution in [3.63, 3.8) is 0 Å². The molecule has 4 heteroatoms. The maximum Gasteiger partial charge on any atom is 0.175 e. The van der Waals surface area contributed by atoms with Crippen LogP contribution in [0.1, 0.15) is 24.5 Å². The summed E-state index contributed by atoms with van der Waals surface area (Å²) >= 11 is 0. The van der Waals surface area contributed by atoms with Gasteiger partial charge in [0.2, 0.25) is 0 Å². The Morgan fingerprint density at radius 1 is 1.50 bits per heavy atom. The Kier molecular flexibility index (Phi) is 4.26. The van der Waals surface area contributed by atoms with Crippen molar-refractivity contribution in [1.82, 2.24) is 0 Å². The third kappa shape index (κ3) is 3.47. The lowest BCUT2D eigenvalue weighted by Gasteiger charge is -2.10. The SMILES string of the molecule is C=CCCC(O)c1cccc(S(C)(=O)=O)c1. The molecule has 0 aliphatic carbocycles. The molecule has 1 atom stereocenters. The largest absolute Gasteiger partial charge is 0.388 e. The van der Waals surface area contributed by atoms with Crippen molar-refractivity contribution in [3.05, 3.63) is 42.5 Å². The van der Waals surface area contributed by atoms with Gasteiger partial charge in [0, 0.05) is 6.26 Å². The lowest BCUT2D eigenvalue weighted by molar-refractivity contribution is 0.168. The fourth-order valence-corrected chi connectivity index (χ4v) is 2.07. The van der Waals surface area contributed by atoms with Crippen molar-refractivity contribution in [2.24, 2.45) is 0 Å². The van der Waals surface area contributed by atoms with E-state index in [4.69, 9.17) is 0 Å². The van der Waals surface area contributed by atoms with Crippen LogP contribution in [0.5, 0.6) is 0 Å². The number of allylic oxidation sites excluding steroid dienone is 1. The molecule has 0 bridgehead atoms. The number of aliphatic hydroxyl groups excluding tert-OH is 1. The highest BCUT2D eigenvalue weighted by molar-refractivity contribution is 7.90. The second-order valence-electron chi connectivity index (χ2n) is 3.73. The maximum absolute atomic E-state index is 11.3. The van der Waals surface area contributed by atoms with Gasteiger partial charge in [0.25, 0.3) is 0 Å². The molecule has 1 rings (SSSR count). The normalized spacial score (nSPS) is 13.4. The maximum atomic E-state index is 11.3.